The van der Waals surface area contributed by atoms with Gasteiger partial charge in [-0.2, -0.15) is 13.2 Å². The highest BCUT2D eigenvalue weighted by atomic mass is 19.4. The van der Waals surface area contributed by atoms with Gasteiger partial charge in [0.15, 0.2) is 0 Å². The van der Waals surface area contributed by atoms with Crippen molar-refractivity contribution in [3.8, 4) is 0 Å². The molecule has 1 fully saturated rings. The Labute approximate surface area is 127 Å². The van der Waals surface area contributed by atoms with E-state index >= 15 is 0 Å². The molecule has 1 aromatic carbocycles. The molecule has 120 valence electrons. The predicted molar refractivity (Wildman–Crippen MR) is 76.2 cm³/mol. The lowest BCUT2D eigenvalue weighted by molar-refractivity contribution is -0.141. The normalized spacial score (nSPS) is 25.2. The highest BCUT2D eigenvalue weighted by Gasteiger charge is 2.41. The van der Waals surface area contributed by atoms with E-state index in [1.54, 1.807) is 11.0 Å². The van der Waals surface area contributed by atoms with Crippen molar-refractivity contribution in [2.75, 3.05) is 19.6 Å². The van der Waals surface area contributed by atoms with Crippen LogP contribution in [0.4, 0.5) is 13.2 Å². The lowest BCUT2D eigenvalue weighted by Gasteiger charge is -2.35. The summed E-state index contributed by atoms with van der Waals surface area (Å²) in [5, 5.41) is 3.18. The molecule has 2 aliphatic heterocycles. The number of rotatable bonds is 1. The fourth-order valence-corrected chi connectivity index (χ4v) is 3.43. The maximum absolute atomic E-state index is 13.0. The third-order valence-electron chi connectivity index (χ3n) is 4.74. The van der Waals surface area contributed by atoms with Gasteiger partial charge in [0.1, 0.15) is 0 Å². The van der Waals surface area contributed by atoms with Crippen molar-refractivity contribution in [2.24, 2.45) is 5.41 Å². The van der Waals surface area contributed by atoms with E-state index in [4.69, 9.17) is 0 Å². The maximum atomic E-state index is 13.0. The van der Waals surface area contributed by atoms with Crippen molar-refractivity contribution in [1.82, 2.24) is 10.2 Å². The van der Waals surface area contributed by atoms with Crippen LogP contribution in [0.15, 0.2) is 18.2 Å². The summed E-state index contributed by atoms with van der Waals surface area (Å²) >= 11 is 0. The van der Waals surface area contributed by atoms with E-state index in [-0.39, 0.29) is 18.9 Å². The van der Waals surface area contributed by atoms with Crippen molar-refractivity contribution in [3.05, 3.63) is 34.9 Å². The molecule has 1 unspecified atom stereocenters. The lowest BCUT2D eigenvalue weighted by atomic mass is 9.86. The number of benzene rings is 1. The summed E-state index contributed by atoms with van der Waals surface area (Å²) in [6, 6.07) is 4.24. The molecule has 3 rings (SSSR count). The molecule has 2 heterocycles. The van der Waals surface area contributed by atoms with Crippen LogP contribution in [-0.2, 0) is 23.9 Å². The Morgan fingerprint density at radius 2 is 2.14 bits per heavy atom. The Kier molecular flexibility index (Phi) is 3.67. The Morgan fingerprint density at radius 3 is 2.77 bits per heavy atom. The van der Waals surface area contributed by atoms with Crippen LogP contribution in [0.2, 0.25) is 0 Å². The van der Waals surface area contributed by atoms with Gasteiger partial charge >= 0.3 is 6.18 Å². The Bertz CT molecular complexity index is 592. The van der Waals surface area contributed by atoms with E-state index < -0.39 is 17.2 Å². The Balaban J connectivity index is 1.84. The number of halogens is 3. The average molecular weight is 312 g/mol. The second-order valence-electron chi connectivity index (χ2n) is 6.41. The predicted octanol–water partition coefficient (Wildman–Crippen LogP) is 2.59. The number of hydrogen-bond donors (Lipinski definition) is 1. The second kappa shape index (κ2) is 5.26. The SMILES string of the molecule is CC1(C(=O)N2CCc3c(cccc3C(F)(F)F)C2)CCNC1. The summed E-state index contributed by atoms with van der Waals surface area (Å²) in [5.74, 6) is 0.0422. The molecule has 1 aromatic rings. The minimum atomic E-state index is -4.33. The van der Waals surface area contributed by atoms with Gasteiger partial charge in [-0.25, -0.2) is 0 Å². The zero-order chi connectivity index (χ0) is 16.0. The van der Waals surface area contributed by atoms with Crippen molar-refractivity contribution < 1.29 is 18.0 Å². The molecule has 0 aliphatic carbocycles. The minimum absolute atomic E-state index is 0.0422. The average Bonchev–Trinajstić information content (AvgIpc) is 2.92. The topological polar surface area (TPSA) is 32.3 Å². The highest BCUT2D eigenvalue weighted by molar-refractivity contribution is 5.83. The van der Waals surface area contributed by atoms with E-state index in [9.17, 15) is 18.0 Å². The van der Waals surface area contributed by atoms with Crippen LogP contribution in [0.5, 0.6) is 0 Å². The van der Waals surface area contributed by atoms with Gasteiger partial charge in [-0.1, -0.05) is 12.1 Å². The summed E-state index contributed by atoms with van der Waals surface area (Å²) in [7, 11) is 0. The molecule has 0 aromatic heterocycles. The summed E-state index contributed by atoms with van der Waals surface area (Å²) < 4.78 is 39.1. The Morgan fingerprint density at radius 1 is 1.36 bits per heavy atom. The van der Waals surface area contributed by atoms with Gasteiger partial charge in [0.25, 0.3) is 0 Å². The molecule has 0 saturated carbocycles. The van der Waals surface area contributed by atoms with Gasteiger partial charge in [0, 0.05) is 19.6 Å². The molecule has 0 radical (unpaired) electrons. The van der Waals surface area contributed by atoms with E-state index in [1.807, 2.05) is 6.92 Å². The quantitative estimate of drug-likeness (QED) is 0.864. The third-order valence-corrected chi connectivity index (χ3v) is 4.74. The van der Waals surface area contributed by atoms with E-state index in [2.05, 4.69) is 5.32 Å². The van der Waals surface area contributed by atoms with Crippen molar-refractivity contribution in [2.45, 2.75) is 32.5 Å². The third kappa shape index (κ3) is 2.60. The van der Waals surface area contributed by atoms with Crippen LogP contribution >= 0.6 is 0 Å². The second-order valence-corrected chi connectivity index (χ2v) is 6.41. The van der Waals surface area contributed by atoms with Crippen molar-refractivity contribution in [3.63, 3.8) is 0 Å². The van der Waals surface area contributed by atoms with Crippen LogP contribution in [0.1, 0.15) is 30.0 Å². The first-order valence-corrected chi connectivity index (χ1v) is 7.49. The van der Waals surface area contributed by atoms with Crippen molar-refractivity contribution in [1.29, 1.82) is 0 Å². The summed E-state index contributed by atoms with van der Waals surface area (Å²) in [5.41, 5.74) is -0.0392. The number of nitrogens with zero attached hydrogens (tertiary/aromatic N) is 1. The molecule has 1 N–H and O–H groups in total. The monoisotopic (exact) mass is 312 g/mol. The van der Waals surface area contributed by atoms with Crippen LogP contribution in [0, 0.1) is 5.41 Å². The number of hydrogen-bond acceptors (Lipinski definition) is 2. The largest absolute Gasteiger partial charge is 0.416 e. The van der Waals surface area contributed by atoms with Gasteiger partial charge in [0.2, 0.25) is 5.91 Å². The lowest BCUT2D eigenvalue weighted by Crippen LogP contribution is -2.46. The fraction of sp³-hybridized carbons (Fsp3) is 0.562. The Hall–Kier alpha value is -1.56. The molecule has 22 heavy (non-hydrogen) atoms. The van der Waals surface area contributed by atoms with Gasteiger partial charge in [-0.05, 0) is 43.5 Å². The number of amides is 1. The van der Waals surface area contributed by atoms with Crippen LogP contribution in [0.3, 0.4) is 0 Å². The molecule has 3 nitrogen and oxygen atoms in total. The first-order chi connectivity index (χ1) is 10.3. The maximum Gasteiger partial charge on any atom is 0.416 e. The van der Waals surface area contributed by atoms with E-state index in [1.165, 1.54) is 6.07 Å². The summed E-state index contributed by atoms with van der Waals surface area (Å²) in [6.45, 7) is 4.00. The molecule has 1 amide bonds. The van der Waals surface area contributed by atoms with Crippen LogP contribution in [0.25, 0.3) is 0 Å². The fourth-order valence-electron chi connectivity index (χ4n) is 3.43. The first kappa shape index (κ1) is 15.3. The number of carbonyl (C=O) groups is 1. The van der Waals surface area contributed by atoms with Gasteiger partial charge in [-0.15, -0.1) is 0 Å². The molecular weight excluding hydrogens is 293 g/mol. The molecule has 1 saturated heterocycles. The number of nitrogens with one attached hydrogen (secondary N) is 1. The van der Waals surface area contributed by atoms with Gasteiger partial charge in [-0.3, -0.25) is 4.79 Å². The minimum Gasteiger partial charge on any atom is -0.338 e. The molecule has 0 spiro atoms. The standard InChI is InChI=1S/C16H19F3N2O/c1-15(6-7-20-10-15)14(22)21-8-5-12-11(9-21)3-2-4-13(12)16(17,18)19/h2-4,20H,5-10H2,1H3. The van der Waals surface area contributed by atoms with Gasteiger partial charge in [0.05, 0.1) is 11.0 Å². The van der Waals surface area contributed by atoms with E-state index in [0.717, 1.165) is 19.0 Å². The molecule has 0 bridgehead atoms. The van der Waals surface area contributed by atoms with Gasteiger partial charge < -0.3 is 10.2 Å². The highest BCUT2D eigenvalue weighted by Crippen LogP contribution is 2.36. The number of fused-ring (bicyclic) bond motifs is 1. The molecule has 6 heteroatoms. The zero-order valence-corrected chi connectivity index (χ0v) is 12.5. The van der Waals surface area contributed by atoms with Crippen LogP contribution < -0.4 is 5.32 Å². The van der Waals surface area contributed by atoms with Crippen LogP contribution in [-0.4, -0.2) is 30.4 Å². The molecule has 1 atom stereocenters. The van der Waals surface area contributed by atoms with E-state index in [0.29, 0.717) is 24.2 Å². The molecular formula is C16H19F3N2O. The number of carbonyl (C=O) groups excluding carboxylic acids is 1. The first-order valence-electron chi connectivity index (χ1n) is 7.49. The van der Waals surface area contributed by atoms with Crippen molar-refractivity contribution >= 4 is 5.91 Å². The summed E-state index contributed by atoms with van der Waals surface area (Å²) in [4.78, 5) is 14.4. The smallest absolute Gasteiger partial charge is 0.338 e. The summed E-state index contributed by atoms with van der Waals surface area (Å²) in [6.07, 6.45) is -3.29. The molecule has 2 aliphatic rings. The zero-order valence-electron chi connectivity index (χ0n) is 12.5. The number of alkyl halides is 3.